The molecule has 0 saturated carbocycles. The molecule has 0 bridgehead atoms. The van der Waals surface area contributed by atoms with E-state index in [0.717, 1.165) is 53.6 Å². The van der Waals surface area contributed by atoms with E-state index >= 15 is 0 Å². The maximum atomic E-state index is 10.8. The van der Waals surface area contributed by atoms with Crippen LogP contribution < -0.4 is 42.9 Å². The third-order valence-corrected chi connectivity index (χ3v) is 8.61. The first-order valence-electron chi connectivity index (χ1n) is 16.1. The number of rotatable bonds is 24. The molecule has 0 amide bonds. The second kappa shape index (κ2) is 32.2. The number of nitrogens with two attached hydrogens (primary N) is 2. The summed E-state index contributed by atoms with van der Waals surface area (Å²) in [5, 5.41) is 16.7. The van der Waals surface area contributed by atoms with Crippen molar-refractivity contribution in [1.82, 2.24) is 31.6 Å². The van der Waals surface area contributed by atoms with Crippen LogP contribution in [0.2, 0.25) is 0 Å². The summed E-state index contributed by atoms with van der Waals surface area (Å²) in [7, 11) is 3.52. The fourth-order valence-corrected chi connectivity index (χ4v) is 5.28. The molecule has 48 heavy (non-hydrogen) atoms. The fourth-order valence-electron chi connectivity index (χ4n) is 4.03. The van der Waals surface area contributed by atoms with Gasteiger partial charge in [0.1, 0.15) is 24.4 Å². The normalized spacial score (nSPS) is 12.2. The Labute approximate surface area is 304 Å². The quantitative estimate of drug-likeness (QED) is 0.0182. The van der Waals surface area contributed by atoms with Crippen molar-refractivity contribution in [2.75, 3.05) is 58.0 Å². The molecule has 3 radical (unpaired) electrons. The van der Waals surface area contributed by atoms with E-state index in [0.29, 0.717) is 37.5 Å². The van der Waals surface area contributed by atoms with Gasteiger partial charge in [0, 0.05) is 19.3 Å². The van der Waals surface area contributed by atoms with Gasteiger partial charge in [0.25, 0.3) is 0 Å². The Kier molecular flexibility index (Phi) is 30.8. The molecule has 2 unspecified atom stereocenters. The van der Waals surface area contributed by atoms with Crippen LogP contribution >= 0.6 is 8.38 Å². The van der Waals surface area contributed by atoms with Crippen LogP contribution in [-0.4, -0.2) is 117 Å². The fraction of sp³-hybridized carbons (Fsp3) is 0.515. The molecule has 13 nitrogen and oxygen atoms in total. The Morgan fingerprint density at radius 1 is 0.979 bits per heavy atom. The average Bonchev–Trinajstić information content (AvgIpc) is 3.10. The Balaban J connectivity index is 0.00000114. The van der Waals surface area contributed by atoms with Crippen LogP contribution in [0.5, 0.6) is 5.75 Å². The number of carbonyl (C=O) groups excluding carboxylic acids is 2. The van der Waals surface area contributed by atoms with Gasteiger partial charge >= 0.3 is 52.8 Å². The molecule has 269 valence electrons. The zero-order chi connectivity index (χ0) is 35.8. The van der Waals surface area contributed by atoms with Gasteiger partial charge in [0.2, 0.25) is 0 Å². The number of hydrogen-bond donors (Lipinski definition) is 9. The predicted molar refractivity (Wildman–Crippen MR) is 197 cm³/mol. The summed E-state index contributed by atoms with van der Waals surface area (Å²) in [6.45, 7) is 3.96. The first-order valence-corrected chi connectivity index (χ1v) is 20.2. The first-order chi connectivity index (χ1) is 23.3. The Morgan fingerprint density at radius 3 is 2.08 bits per heavy atom. The molecule has 2 rings (SSSR count). The van der Waals surface area contributed by atoms with Gasteiger partial charge in [-0.3, -0.25) is 5.32 Å². The van der Waals surface area contributed by atoms with Crippen LogP contribution in [0.1, 0.15) is 49.0 Å². The van der Waals surface area contributed by atoms with Crippen molar-refractivity contribution in [2.24, 2.45) is 11.6 Å². The number of ether oxygens (including phenoxy) is 1. The summed E-state index contributed by atoms with van der Waals surface area (Å²) in [6.07, 6.45) is 9.20. The SMILES string of the molecule is CNC(C=O)CCN(N)/C=C(\N)COc1ccc(C(NCc2ccccc2)P(O)O)cc1.CNCCCCCCNC.O=CCN[CH2][Pb]. The van der Waals surface area contributed by atoms with Crippen LogP contribution in [-0.2, 0) is 16.1 Å². The van der Waals surface area contributed by atoms with Crippen molar-refractivity contribution in [3.63, 3.8) is 0 Å². The van der Waals surface area contributed by atoms with Crippen molar-refractivity contribution in [2.45, 2.75) is 50.5 Å². The van der Waals surface area contributed by atoms with Crippen LogP contribution in [0.3, 0.4) is 0 Å². The van der Waals surface area contributed by atoms with E-state index in [4.69, 9.17) is 16.3 Å². The number of likely N-dealkylation sites (N-methyl/N-ethyl adjacent to an activating group) is 1. The monoisotopic (exact) mass is 885 g/mol. The molecule has 15 heteroatoms. The topological polar surface area (TPSA) is 199 Å². The van der Waals surface area contributed by atoms with Gasteiger partial charge in [-0.1, -0.05) is 55.3 Å². The molecule has 0 aliphatic rings. The number of carbonyl (C=O) groups is 2. The number of nitrogens with one attached hydrogen (secondary N) is 5. The third kappa shape index (κ3) is 25.0. The summed E-state index contributed by atoms with van der Waals surface area (Å²) in [6, 6.07) is 16.6. The van der Waals surface area contributed by atoms with E-state index in [9.17, 15) is 19.4 Å². The van der Waals surface area contributed by atoms with Crippen molar-refractivity contribution < 1.29 is 24.1 Å². The van der Waals surface area contributed by atoms with Gasteiger partial charge in [-0.25, -0.2) is 5.84 Å². The molecule has 0 heterocycles. The third-order valence-electron chi connectivity index (χ3n) is 6.70. The molecule has 2 atom stereocenters. The summed E-state index contributed by atoms with van der Waals surface area (Å²) in [4.78, 5) is 40.0. The number of aldehydes is 2. The van der Waals surface area contributed by atoms with Crippen LogP contribution in [0.25, 0.3) is 0 Å². The van der Waals surface area contributed by atoms with Gasteiger partial charge in [-0.15, -0.1) is 0 Å². The Morgan fingerprint density at radius 2 is 1.60 bits per heavy atom. The van der Waals surface area contributed by atoms with Gasteiger partial charge in [0.05, 0.1) is 11.7 Å². The summed E-state index contributed by atoms with van der Waals surface area (Å²) in [5.74, 6) is 5.89. The summed E-state index contributed by atoms with van der Waals surface area (Å²) in [5.41, 5.74) is 8.19. The van der Waals surface area contributed by atoms with Gasteiger partial charge in [0.15, 0.2) is 8.38 Å². The molecule has 11 N–H and O–H groups in total. The number of nitrogens with zero attached hydrogens (tertiary/aromatic N) is 1. The van der Waals surface area contributed by atoms with Gasteiger partial charge in [-0.05, 0) is 76.8 Å². The zero-order valence-electron chi connectivity index (χ0n) is 28.7. The molecular weight excluding hydrogens is 827 g/mol. The molecule has 0 saturated heterocycles. The first kappa shape index (κ1) is 46.0. The Bertz CT molecular complexity index is 1070. The van der Waals surface area contributed by atoms with Crippen LogP contribution in [0.15, 0.2) is 66.5 Å². The van der Waals surface area contributed by atoms with E-state index in [-0.39, 0.29) is 12.6 Å². The molecule has 2 aromatic rings. The van der Waals surface area contributed by atoms with Gasteiger partial charge < -0.3 is 46.0 Å². The van der Waals surface area contributed by atoms with Crippen molar-refractivity contribution in [3.8, 4) is 5.75 Å². The Hall–Kier alpha value is -2.05. The molecule has 0 aliphatic carbocycles. The van der Waals surface area contributed by atoms with E-state index in [1.54, 1.807) is 37.5 Å². The van der Waals surface area contributed by atoms with E-state index < -0.39 is 14.2 Å². The van der Waals surface area contributed by atoms with Crippen molar-refractivity contribution in [3.05, 3.63) is 77.6 Å². The second-order valence-corrected chi connectivity index (χ2v) is 13.2. The minimum atomic E-state index is -2.21. The molecule has 0 aliphatic heterocycles. The summed E-state index contributed by atoms with van der Waals surface area (Å²) >= 11 is 1.13. The van der Waals surface area contributed by atoms with Crippen LogP contribution in [0.4, 0.5) is 0 Å². The summed E-state index contributed by atoms with van der Waals surface area (Å²) < 4.78 is 6.69. The second-order valence-electron chi connectivity index (χ2n) is 10.6. The van der Waals surface area contributed by atoms with Crippen LogP contribution in [0, 0.1) is 0 Å². The number of unbranched alkanes of at least 4 members (excludes halogenated alkanes) is 3. The standard InChI is InChI=1S/C22H32N5O4P.C8H20N2.C3H6NO.Pb/c1-25-20(15-28)11-12-27(24)14-19(23)16-31-21-9-7-18(8-10-21)22(32(29)30)26-13-17-5-3-2-4-6-17;1-9-7-5-3-4-6-8-10-2;1-4-2-3-5;/h2-10,14-15,20,22,25-26,29-30H,11-13,16,23-24H2,1H3;9-10H,3-8H2,1-2H3;3-4H,1-2H2;/b19-14-;;;. The van der Waals surface area contributed by atoms with E-state index in [2.05, 4.69) is 26.6 Å². The van der Waals surface area contributed by atoms with Crippen molar-refractivity contribution >= 4 is 46.7 Å². The average molecular weight is 885 g/mol. The van der Waals surface area contributed by atoms with E-state index in [1.165, 1.54) is 43.8 Å². The molecule has 0 aromatic heterocycles. The van der Waals surface area contributed by atoms with Gasteiger partial charge in [-0.2, -0.15) is 0 Å². The minimum absolute atomic E-state index is 0.137. The maximum absolute atomic E-state index is 10.8. The molecule has 0 fully saturated rings. The van der Waals surface area contributed by atoms with Crippen molar-refractivity contribution in [1.29, 1.82) is 0 Å². The zero-order valence-corrected chi connectivity index (χ0v) is 33.5. The number of hydrogen-bond acceptors (Lipinski definition) is 13. The van der Waals surface area contributed by atoms with E-state index in [1.807, 2.05) is 44.4 Å². The molecule has 2 aromatic carbocycles. The predicted octanol–water partition coefficient (Wildman–Crippen LogP) is 1.19. The molecular formula is C33H58N8O5PPb. The number of benzene rings is 2. The number of hydrazine groups is 1. The molecule has 0 spiro atoms.